The fourth-order valence-corrected chi connectivity index (χ4v) is 3.20. The summed E-state index contributed by atoms with van der Waals surface area (Å²) in [6.07, 6.45) is -0.913. The van der Waals surface area contributed by atoms with Crippen molar-refractivity contribution in [2.24, 2.45) is 0 Å². The van der Waals surface area contributed by atoms with E-state index in [1.54, 1.807) is 26.0 Å². The summed E-state index contributed by atoms with van der Waals surface area (Å²) in [6.45, 7) is 7.25. The van der Waals surface area contributed by atoms with E-state index < -0.39 is 23.2 Å². The second-order valence-corrected chi connectivity index (χ2v) is 7.76. The van der Waals surface area contributed by atoms with E-state index in [0.29, 0.717) is 11.4 Å². The van der Waals surface area contributed by atoms with E-state index in [4.69, 9.17) is 9.47 Å². The highest BCUT2D eigenvalue weighted by atomic mass is 32.2. The van der Waals surface area contributed by atoms with Crippen molar-refractivity contribution in [2.45, 2.75) is 43.9 Å². The summed E-state index contributed by atoms with van der Waals surface area (Å²) in [6, 6.07) is 13.4. The Labute approximate surface area is 164 Å². The monoisotopic (exact) mass is 387 g/mol. The molecule has 0 bridgehead atoms. The van der Waals surface area contributed by atoms with E-state index in [1.807, 2.05) is 44.2 Å². The number of benzene rings is 2. The maximum atomic E-state index is 12.4. The lowest BCUT2D eigenvalue weighted by Gasteiger charge is -2.17. The van der Waals surface area contributed by atoms with Gasteiger partial charge in [0.25, 0.3) is 5.91 Å². The Morgan fingerprint density at radius 3 is 2.26 bits per heavy atom. The number of rotatable bonds is 7. The fraction of sp³-hybridized carbons (Fsp3) is 0.333. The largest absolute Gasteiger partial charge is 0.495 e. The van der Waals surface area contributed by atoms with Gasteiger partial charge in [-0.3, -0.25) is 9.59 Å². The Balaban J connectivity index is 1.94. The van der Waals surface area contributed by atoms with Crippen molar-refractivity contribution < 1.29 is 19.1 Å². The number of esters is 1. The van der Waals surface area contributed by atoms with Crippen molar-refractivity contribution in [3.63, 3.8) is 0 Å². The minimum atomic E-state index is -0.913. The zero-order valence-electron chi connectivity index (χ0n) is 16.2. The molecule has 1 N–H and O–H groups in total. The van der Waals surface area contributed by atoms with E-state index in [9.17, 15) is 9.59 Å². The molecular weight excluding hydrogens is 362 g/mol. The topological polar surface area (TPSA) is 64.6 Å². The first-order valence-corrected chi connectivity index (χ1v) is 9.57. The second-order valence-electron chi connectivity index (χ2n) is 6.35. The van der Waals surface area contributed by atoms with Gasteiger partial charge in [-0.25, -0.2) is 0 Å². The molecule has 0 aliphatic heterocycles. The highest BCUT2D eigenvalue weighted by Crippen LogP contribution is 2.26. The van der Waals surface area contributed by atoms with Gasteiger partial charge in [-0.1, -0.05) is 23.8 Å². The van der Waals surface area contributed by atoms with Gasteiger partial charge in [-0.2, -0.15) is 0 Å². The SMILES string of the molecule is COc1ccc(C)cc1NC(=O)[C@@H](C)OC(=O)[C@@H](C)Sc1ccc(C)cc1. The van der Waals surface area contributed by atoms with Crippen LogP contribution in [-0.4, -0.2) is 30.3 Å². The molecule has 2 rings (SSSR count). The molecule has 27 heavy (non-hydrogen) atoms. The van der Waals surface area contributed by atoms with Crippen LogP contribution < -0.4 is 10.1 Å². The van der Waals surface area contributed by atoms with Crippen LogP contribution in [0.15, 0.2) is 47.4 Å². The first-order valence-electron chi connectivity index (χ1n) is 8.69. The third-order valence-corrected chi connectivity index (χ3v) is 5.03. The number of hydrogen-bond donors (Lipinski definition) is 1. The van der Waals surface area contributed by atoms with E-state index in [0.717, 1.165) is 16.0 Å². The van der Waals surface area contributed by atoms with E-state index in [1.165, 1.54) is 18.9 Å². The third-order valence-electron chi connectivity index (χ3n) is 3.94. The van der Waals surface area contributed by atoms with Crippen LogP contribution in [0.1, 0.15) is 25.0 Å². The molecule has 0 fully saturated rings. The number of aryl methyl sites for hydroxylation is 2. The predicted octanol–water partition coefficient (Wildman–Crippen LogP) is 4.36. The molecule has 0 aromatic heterocycles. The zero-order chi connectivity index (χ0) is 20.0. The van der Waals surface area contributed by atoms with Crippen molar-refractivity contribution in [3.8, 4) is 5.75 Å². The van der Waals surface area contributed by atoms with Crippen molar-refractivity contribution in [3.05, 3.63) is 53.6 Å². The maximum Gasteiger partial charge on any atom is 0.319 e. The van der Waals surface area contributed by atoms with Crippen molar-refractivity contribution in [2.75, 3.05) is 12.4 Å². The summed E-state index contributed by atoms with van der Waals surface area (Å²) in [7, 11) is 1.54. The van der Waals surface area contributed by atoms with Gasteiger partial charge < -0.3 is 14.8 Å². The fourth-order valence-electron chi connectivity index (χ4n) is 2.35. The molecule has 0 heterocycles. The van der Waals surface area contributed by atoms with E-state index in [-0.39, 0.29) is 0 Å². The second kappa shape index (κ2) is 9.46. The molecule has 2 aromatic rings. The number of carbonyl (C=O) groups is 2. The standard InChI is InChI=1S/C21H25NO4S/c1-13-6-9-17(10-7-13)27-16(4)21(24)26-15(3)20(23)22-18-12-14(2)8-11-19(18)25-5/h6-12,15-16H,1-5H3,(H,22,23)/t15-,16-/m1/s1. The Morgan fingerprint density at radius 1 is 1.00 bits per heavy atom. The third kappa shape index (κ3) is 6.03. The molecule has 0 saturated heterocycles. The highest BCUT2D eigenvalue weighted by molar-refractivity contribution is 8.00. The Bertz CT molecular complexity index is 804. The van der Waals surface area contributed by atoms with Crippen LogP contribution in [-0.2, 0) is 14.3 Å². The highest BCUT2D eigenvalue weighted by Gasteiger charge is 2.23. The summed E-state index contributed by atoms with van der Waals surface area (Å²) < 4.78 is 10.6. The van der Waals surface area contributed by atoms with Crippen LogP contribution in [0.5, 0.6) is 5.75 Å². The van der Waals surface area contributed by atoms with Crippen LogP contribution in [0, 0.1) is 13.8 Å². The zero-order valence-corrected chi connectivity index (χ0v) is 17.1. The number of hydrogen-bond acceptors (Lipinski definition) is 5. The first kappa shape index (κ1) is 20.8. The minimum Gasteiger partial charge on any atom is -0.495 e. The summed E-state index contributed by atoms with van der Waals surface area (Å²) in [4.78, 5) is 25.7. The molecule has 0 aliphatic rings. The molecule has 6 heteroatoms. The first-order chi connectivity index (χ1) is 12.8. The molecule has 0 spiro atoms. The van der Waals surface area contributed by atoms with Crippen LogP contribution >= 0.6 is 11.8 Å². The lowest BCUT2D eigenvalue weighted by molar-refractivity contribution is -0.152. The molecular formula is C21H25NO4S. The normalized spacial score (nSPS) is 12.8. The summed E-state index contributed by atoms with van der Waals surface area (Å²) in [5.74, 6) is -0.282. The number of anilines is 1. The summed E-state index contributed by atoms with van der Waals surface area (Å²) in [5.41, 5.74) is 2.69. The smallest absolute Gasteiger partial charge is 0.319 e. The Kier molecular flexibility index (Phi) is 7.30. The molecule has 0 saturated carbocycles. The molecule has 0 aliphatic carbocycles. The molecule has 2 atom stereocenters. The Hall–Kier alpha value is -2.47. The number of thioether (sulfide) groups is 1. The van der Waals surface area contributed by atoms with E-state index >= 15 is 0 Å². The lowest BCUT2D eigenvalue weighted by atomic mass is 10.2. The summed E-state index contributed by atoms with van der Waals surface area (Å²) in [5, 5.41) is 2.33. The van der Waals surface area contributed by atoms with Gasteiger partial charge in [0.1, 0.15) is 11.0 Å². The van der Waals surface area contributed by atoms with Gasteiger partial charge in [0, 0.05) is 4.90 Å². The molecule has 5 nitrogen and oxygen atoms in total. The molecule has 2 aromatic carbocycles. The quantitative estimate of drug-likeness (QED) is 0.565. The van der Waals surface area contributed by atoms with Crippen LogP contribution in [0.4, 0.5) is 5.69 Å². The van der Waals surface area contributed by atoms with Gasteiger partial charge in [0.15, 0.2) is 6.10 Å². The molecule has 0 unspecified atom stereocenters. The van der Waals surface area contributed by atoms with Gasteiger partial charge in [-0.15, -0.1) is 11.8 Å². The van der Waals surface area contributed by atoms with Crippen LogP contribution in [0.2, 0.25) is 0 Å². The van der Waals surface area contributed by atoms with Gasteiger partial charge in [0.2, 0.25) is 0 Å². The minimum absolute atomic E-state index is 0.403. The van der Waals surface area contributed by atoms with Crippen LogP contribution in [0.25, 0.3) is 0 Å². The Morgan fingerprint density at radius 2 is 1.63 bits per heavy atom. The van der Waals surface area contributed by atoms with Gasteiger partial charge in [0.05, 0.1) is 12.8 Å². The van der Waals surface area contributed by atoms with Gasteiger partial charge in [-0.05, 0) is 57.5 Å². The average molecular weight is 388 g/mol. The number of methoxy groups -OCH3 is 1. The molecule has 0 radical (unpaired) electrons. The van der Waals surface area contributed by atoms with Crippen LogP contribution in [0.3, 0.4) is 0 Å². The lowest BCUT2D eigenvalue weighted by Crippen LogP contribution is -2.32. The molecule has 144 valence electrons. The summed E-state index contributed by atoms with van der Waals surface area (Å²) >= 11 is 1.40. The number of nitrogens with one attached hydrogen (secondary N) is 1. The number of carbonyl (C=O) groups excluding carboxylic acids is 2. The number of amides is 1. The predicted molar refractivity (Wildman–Crippen MR) is 108 cm³/mol. The van der Waals surface area contributed by atoms with Gasteiger partial charge >= 0.3 is 5.97 Å². The number of ether oxygens (including phenoxy) is 2. The van der Waals surface area contributed by atoms with Crippen molar-refractivity contribution >= 4 is 29.3 Å². The molecule has 1 amide bonds. The van der Waals surface area contributed by atoms with Crippen molar-refractivity contribution in [1.29, 1.82) is 0 Å². The maximum absolute atomic E-state index is 12.4. The van der Waals surface area contributed by atoms with E-state index in [2.05, 4.69) is 5.32 Å². The average Bonchev–Trinajstić information content (AvgIpc) is 2.63. The van der Waals surface area contributed by atoms with Crippen molar-refractivity contribution in [1.82, 2.24) is 0 Å².